The largest absolute Gasteiger partial charge is 0.453 e. The number of benzene rings is 1. The van der Waals surface area contributed by atoms with E-state index in [2.05, 4.69) is 13.0 Å². The van der Waals surface area contributed by atoms with Crippen LogP contribution in [0, 0.1) is 11.3 Å². The minimum atomic E-state index is -0.600. The van der Waals surface area contributed by atoms with Crippen LogP contribution in [-0.2, 0) is 16.1 Å². The van der Waals surface area contributed by atoms with Gasteiger partial charge in [0, 0.05) is 12.0 Å². The van der Waals surface area contributed by atoms with E-state index in [1.807, 2.05) is 43.3 Å². The van der Waals surface area contributed by atoms with E-state index in [0.29, 0.717) is 12.5 Å². The number of allylic oxidation sites excluding steroid dienone is 1. The first-order valence-electron chi connectivity index (χ1n) is 7.53. The van der Waals surface area contributed by atoms with Crippen LogP contribution in [0.2, 0.25) is 0 Å². The van der Waals surface area contributed by atoms with E-state index >= 15 is 0 Å². The van der Waals surface area contributed by atoms with Gasteiger partial charge in [-0.3, -0.25) is 4.90 Å². The summed E-state index contributed by atoms with van der Waals surface area (Å²) in [7, 11) is 1.37. The molecule has 118 valence electrons. The van der Waals surface area contributed by atoms with E-state index in [0.717, 1.165) is 18.3 Å². The Morgan fingerprint density at radius 2 is 2.05 bits per heavy atom. The predicted molar refractivity (Wildman–Crippen MR) is 85.3 cm³/mol. The van der Waals surface area contributed by atoms with Crippen molar-refractivity contribution >= 4 is 12.4 Å². The van der Waals surface area contributed by atoms with Crippen LogP contribution in [0.25, 0.3) is 0 Å². The molecule has 0 bridgehead atoms. The van der Waals surface area contributed by atoms with Gasteiger partial charge in [-0.05, 0) is 17.9 Å². The number of hydrogen-bond donors (Lipinski definition) is 0. The van der Waals surface area contributed by atoms with Gasteiger partial charge in [0.25, 0.3) is 0 Å². The quantitative estimate of drug-likeness (QED) is 0.632. The van der Waals surface area contributed by atoms with E-state index in [-0.39, 0.29) is 6.04 Å². The molecule has 0 aromatic heterocycles. The fourth-order valence-corrected chi connectivity index (χ4v) is 3.15. The number of aldehydes is 1. The van der Waals surface area contributed by atoms with Crippen molar-refractivity contribution in [2.24, 2.45) is 11.3 Å². The molecule has 4 heteroatoms. The van der Waals surface area contributed by atoms with Crippen molar-refractivity contribution in [1.29, 1.82) is 0 Å². The third kappa shape index (κ3) is 3.38. The lowest BCUT2D eigenvalue weighted by atomic mass is 9.72. The van der Waals surface area contributed by atoms with Gasteiger partial charge in [0.15, 0.2) is 0 Å². The molecular formula is C18H23NO3. The highest BCUT2D eigenvalue weighted by Crippen LogP contribution is 2.37. The Kier molecular flexibility index (Phi) is 5.01. The van der Waals surface area contributed by atoms with Gasteiger partial charge in [-0.25, -0.2) is 4.79 Å². The highest BCUT2D eigenvalue weighted by atomic mass is 16.5. The van der Waals surface area contributed by atoms with Crippen molar-refractivity contribution < 1.29 is 14.3 Å². The third-order valence-corrected chi connectivity index (χ3v) is 4.27. The minimum Gasteiger partial charge on any atom is -0.453 e. The molecule has 2 rings (SSSR count). The maximum Gasteiger partial charge on any atom is 0.410 e. The number of carbonyl (C=O) groups is 2. The summed E-state index contributed by atoms with van der Waals surface area (Å²) < 4.78 is 4.94. The lowest BCUT2D eigenvalue weighted by Crippen LogP contribution is -2.50. The number of hydrogen-bond acceptors (Lipinski definition) is 3. The predicted octanol–water partition coefficient (Wildman–Crippen LogP) is 3.42. The number of nitrogens with zero attached hydrogens (tertiary/aromatic N) is 1. The van der Waals surface area contributed by atoms with Gasteiger partial charge < -0.3 is 9.53 Å². The zero-order valence-corrected chi connectivity index (χ0v) is 13.4. The second kappa shape index (κ2) is 6.77. The van der Waals surface area contributed by atoms with Crippen molar-refractivity contribution in [3.05, 3.63) is 48.0 Å². The number of ether oxygens (including phenoxy) is 1. The maximum atomic E-state index is 12.3. The molecular weight excluding hydrogens is 278 g/mol. The third-order valence-electron chi connectivity index (χ3n) is 4.27. The van der Waals surface area contributed by atoms with Gasteiger partial charge in [0.05, 0.1) is 13.2 Å². The molecule has 1 aliphatic carbocycles. The van der Waals surface area contributed by atoms with Gasteiger partial charge in [-0.15, -0.1) is 0 Å². The van der Waals surface area contributed by atoms with Crippen molar-refractivity contribution in [3.8, 4) is 0 Å². The summed E-state index contributed by atoms with van der Waals surface area (Å²) >= 11 is 0. The molecule has 4 nitrogen and oxygen atoms in total. The van der Waals surface area contributed by atoms with Crippen LogP contribution in [0.5, 0.6) is 0 Å². The molecule has 22 heavy (non-hydrogen) atoms. The first-order chi connectivity index (χ1) is 10.5. The summed E-state index contributed by atoms with van der Waals surface area (Å²) in [4.78, 5) is 25.6. The van der Waals surface area contributed by atoms with Crippen LogP contribution in [-0.4, -0.2) is 30.4 Å². The fraction of sp³-hybridized carbons (Fsp3) is 0.444. The monoisotopic (exact) mass is 301 g/mol. The minimum absolute atomic E-state index is 0.297. The summed E-state index contributed by atoms with van der Waals surface area (Å²) in [5, 5.41) is 0. The Bertz CT molecular complexity index is 555. The molecule has 0 fully saturated rings. The average molecular weight is 301 g/mol. The van der Waals surface area contributed by atoms with E-state index in [9.17, 15) is 9.59 Å². The molecule has 1 amide bonds. The molecule has 0 heterocycles. The molecule has 3 atom stereocenters. The summed E-state index contributed by atoms with van der Waals surface area (Å²) in [6.45, 7) is 4.40. The molecule has 1 aromatic carbocycles. The molecule has 1 unspecified atom stereocenters. The Hall–Kier alpha value is -2.10. The van der Waals surface area contributed by atoms with Gasteiger partial charge in [0.1, 0.15) is 6.29 Å². The number of methoxy groups -OCH3 is 1. The highest BCUT2D eigenvalue weighted by Gasteiger charge is 2.41. The average Bonchev–Trinajstić information content (AvgIpc) is 2.53. The SMILES string of the molecule is COC(=O)N(Cc1ccccc1)[C@H]1C=CC(C)C[C@@]1(C)C=O. The fourth-order valence-electron chi connectivity index (χ4n) is 3.15. The van der Waals surface area contributed by atoms with E-state index in [1.54, 1.807) is 4.90 Å². The molecule has 1 aliphatic rings. The zero-order valence-electron chi connectivity index (χ0n) is 13.4. The van der Waals surface area contributed by atoms with Crippen LogP contribution >= 0.6 is 0 Å². The zero-order chi connectivity index (χ0) is 16.2. The maximum absolute atomic E-state index is 12.3. The Morgan fingerprint density at radius 1 is 1.36 bits per heavy atom. The van der Waals surface area contributed by atoms with Crippen molar-refractivity contribution in [2.75, 3.05) is 7.11 Å². The van der Waals surface area contributed by atoms with E-state index in [1.165, 1.54) is 7.11 Å². The summed E-state index contributed by atoms with van der Waals surface area (Å²) in [5.74, 6) is 0.322. The Labute approximate surface area is 131 Å². The molecule has 0 aliphatic heterocycles. The molecule has 0 saturated heterocycles. The number of rotatable bonds is 4. The van der Waals surface area contributed by atoms with Crippen LogP contribution in [0.1, 0.15) is 25.8 Å². The molecule has 0 radical (unpaired) electrons. The first-order valence-corrected chi connectivity index (χ1v) is 7.53. The van der Waals surface area contributed by atoms with Gasteiger partial charge in [-0.1, -0.05) is 56.3 Å². The standard InChI is InChI=1S/C18H23NO3/c1-14-9-10-16(18(2,11-14)13-20)19(17(21)22-3)12-15-7-5-4-6-8-15/h4-10,13-14,16H,11-12H2,1-3H3/t14?,16-,18-/m0/s1. The lowest BCUT2D eigenvalue weighted by molar-refractivity contribution is -0.119. The van der Waals surface area contributed by atoms with Crippen LogP contribution in [0.15, 0.2) is 42.5 Å². The second-order valence-electron chi connectivity index (χ2n) is 6.22. The van der Waals surface area contributed by atoms with E-state index < -0.39 is 11.5 Å². The molecule has 0 saturated carbocycles. The molecule has 1 aromatic rings. The van der Waals surface area contributed by atoms with Crippen LogP contribution in [0.4, 0.5) is 4.79 Å². The van der Waals surface area contributed by atoms with Gasteiger partial charge in [0.2, 0.25) is 0 Å². The Morgan fingerprint density at radius 3 is 2.64 bits per heavy atom. The smallest absolute Gasteiger partial charge is 0.410 e. The van der Waals surface area contributed by atoms with Crippen LogP contribution < -0.4 is 0 Å². The van der Waals surface area contributed by atoms with Gasteiger partial charge in [-0.2, -0.15) is 0 Å². The van der Waals surface area contributed by atoms with Crippen LogP contribution in [0.3, 0.4) is 0 Å². The topological polar surface area (TPSA) is 46.6 Å². The van der Waals surface area contributed by atoms with Crippen molar-refractivity contribution in [1.82, 2.24) is 4.90 Å². The Balaban J connectivity index is 2.34. The second-order valence-corrected chi connectivity index (χ2v) is 6.22. The molecule has 0 spiro atoms. The van der Waals surface area contributed by atoms with E-state index in [4.69, 9.17) is 4.74 Å². The number of amides is 1. The van der Waals surface area contributed by atoms with Crippen molar-refractivity contribution in [3.63, 3.8) is 0 Å². The lowest BCUT2D eigenvalue weighted by Gasteiger charge is -2.42. The number of carbonyl (C=O) groups excluding carboxylic acids is 2. The molecule has 0 N–H and O–H groups in total. The highest BCUT2D eigenvalue weighted by molar-refractivity contribution is 5.71. The van der Waals surface area contributed by atoms with Crippen molar-refractivity contribution in [2.45, 2.75) is 32.9 Å². The first kappa shape index (κ1) is 16.3. The normalized spacial score (nSPS) is 27.2. The summed E-state index contributed by atoms with van der Waals surface area (Å²) in [6.07, 6.45) is 5.30. The van der Waals surface area contributed by atoms with Gasteiger partial charge >= 0.3 is 6.09 Å². The summed E-state index contributed by atoms with van der Waals surface area (Å²) in [5.41, 5.74) is 0.408. The summed E-state index contributed by atoms with van der Waals surface area (Å²) in [6, 6.07) is 9.43.